The minimum absolute atomic E-state index is 0.0490. The van der Waals surface area contributed by atoms with Gasteiger partial charge in [0.05, 0.1) is 7.11 Å². The van der Waals surface area contributed by atoms with E-state index in [4.69, 9.17) is 4.74 Å². The molecular weight excluding hydrogens is 178 g/mol. The number of rotatable bonds is 2. The van der Waals surface area contributed by atoms with Crippen LogP contribution >= 0.6 is 0 Å². The van der Waals surface area contributed by atoms with Crippen molar-refractivity contribution in [1.82, 2.24) is 0 Å². The van der Waals surface area contributed by atoms with Gasteiger partial charge in [-0.1, -0.05) is 0 Å². The topological polar surface area (TPSA) is 46.3 Å². The summed E-state index contributed by atoms with van der Waals surface area (Å²) in [5.74, 6) is 1.53. The zero-order valence-electron chi connectivity index (χ0n) is 8.14. The number of methoxy groups -OCH3 is 1. The van der Waals surface area contributed by atoms with E-state index in [-0.39, 0.29) is 6.17 Å². The van der Waals surface area contributed by atoms with Crippen LogP contribution in [0.2, 0.25) is 0 Å². The van der Waals surface area contributed by atoms with Gasteiger partial charge in [0.1, 0.15) is 5.75 Å². The molecule has 1 aromatic carbocycles. The molecule has 0 amide bonds. The van der Waals surface area contributed by atoms with Crippen molar-refractivity contribution in [3.05, 3.63) is 29.8 Å². The second kappa shape index (κ2) is 3.57. The first-order chi connectivity index (χ1) is 6.79. The fourth-order valence-corrected chi connectivity index (χ4v) is 1.24. The van der Waals surface area contributed by atoms with Crippen molar-refractivity contribution >= 4 is 5.84 Å². The fraction of sp³-hybridized carbons (Fsp3) is 0.300. The standard InChI is InChI=1S/C10H11N3O/c1-7-11-10(13-12-7)8-3-5-9(14-2)6-4-8/h3-7H,1-2H3. The van der Waals surface area contributed by atoms with Gasteiger partial charge in [0.25, 0.3) is 0 Å². The van der Waals surface area contributed by atoms with E-state index in [0.717, 1.165) is 11.3 Å². The Kier molecular flexibility index (Phi) is 2.26. The van der Waals surface area contributed by atoms with Gasteiger partial charge in [0.15, 0.2) is 12.0 Å². The molecule has 1 aliphatic heterocycles. The smallest absolute Gasteiger partial charge is 0.179 e. The largest absolute Gasteiger partial charge is 0.497 e. The van der Waals surface area contributed by atoms with Crippen molar-refractivity contribution in [2.45, 2.75) is 13.1 Å². The van der Waals surface area contributed by atoms with E-state index < -0.39 is 0 Å². The molecule has 72 valence electrons. The van der Waals surface area contributed by atoms with E-state index in [1.165, 1.54) is 0 Å². The van der Waals surface area contributed by atoms with Crippen LogP contribution in [-0.4, -0.2) is 19.1 Å². The summed E-state index contributed by atoms with van der Waals surface area (Å²) in [7, 11) is 1.64. The molecule has 1 heterocycles. The summed E-state index contributed by atoms with van der Waals surface area (Å²) in [6, 6.07) is 7.62. The number of ether oxygens (including phenoxy) is 1. The molecule has 0 spiro atoms. The Hall–Kier alpha value is -1.71. The first-order valence-electron chi connectivity index (χ1n) is 4.42. The summed E-state index contributed by atoms with van der Waals surface area (Å²) in [6.07, 6.45) is -0.0490. The van der Waals surface area contributed by atoms with Crippen LogP contribution in [0.3, 0.4) is 0 Å². The summed E-state index contributed by atoms with van der Waals surface area (Å²) in [6.45, 7) is 1.90. The van der Waals surface area contributed by atoms with Crippen molar-refractivity contribution in [2.75, 3.05) is 7.11 Å². The molecule has 1 aliphatic rings. The molecule has 0 saturated heterocycles. The fourth-order valence-electron chi connectivity index (χ4n) is 1.24. The molecule has 0 fully saturated rings. The monoisotopic (exact) mass is 189 g/mol. The quantitative estimate of drug-likeness (QED) is 0.703. The maximum Gasteiger partial charge on any atom is 0.179 e. The molecule has 1 unspecified atom stereocenters. The molecule has 0 saturated carbocycles. The second-order valence-electron chi connectivity index (χ2n) is 3.03. The Bertz CT molecular complexity index is 381. The van der Waals surface area contributed by atoms with Crippen molar-refractivity contribution in [3.8, 4) is 5.75 Å². The predicted molar refractivity (Wildman–Crippen MR) is 53.8 cm³/mol. The molecule has 4 nitrogen and oxygen atoms in total. The van der Waals surface area contributed by atoms with E-state index >= 15 is 0 Å². The number of amidine groups is 1. The van der Waals surface area contributed by atoms with Gasteiger partial charge in [-0.05, 0) is 31.2 Å². The van der Waals surface area contributed by atoms with Gasteiger partial charge < -0.3 is 4.74 Å². The van der Waals surface area contributed by atoms with Gasteiger partial charge >= 0.3 is 0 Å². The Morgan fingerprint density at radius 1 is 1.21 bits per heavy atom. The van der Waals surface area contributed by atoms with Gasteiger partial charge in [-0.3, -0.25) is 0 Å². The highest BCUT2D eigenvalue weighted by Gasteiger charge is 2.10. The summed E-state index contributed by atoms with van der Waals surface area (Å²) in [5, 5.41) is 7.90. The maximum atomic E-state index is 5.06. The lowest BCUT2D eigenvalue weighted by Gasteiger charge is -2.00. The van der Waals surface area contributed by atoms with E-state index in [0.29, 0.717) is 5.84 Å². The molecule has 0 aromatic heterocycles. The lowest BCUT2D eigenvalue weighted by Crippen LogP contribution is -1.95. The molecule has 0 aliphatic carbocycles. The van der Waals surface area contributed by atoms with Crippen molar-refractivity contribution in [2.24, 2.45) is 15.2 Å². The van der Waals surface area contributed by atoms with Gasteiger partial charge in [-0.2, -0.15) is 5.11 Å². The van der Waals surface area contributed by atoms with Gasteiger partial charge in [-0.15, -0.1) is 5.11 Å². The zero-order valence-corrected chi connectivity index (χ0v) is 8.14. The number of azo groups is 1. The molecule has 2 rings (SSSR count). The molecule has 0 bridgehead atoms. The van der Waals surface area contributed by atoms with Crippen LogP contribution < -0.4 is 4.74 Å². The lowest BCUT2D eigenvalue weighted by atomic mass is 10.2. The molecule has 14 heavy (non-hydrogen) atoms. The van der Waals surface area contributed by atoms with E-state index in [9.17, 15) is 0 Å². The second-order valence-corrected chi connectivity index (χ2v) is 3.03. The van der Waals surface area contributed by atoms with E-state index in [2.05, 4.69) is 15.2 Å². The van der Waals surface area contributed by atoms with Crippen molar-refractivity contribution < 1.29 is 4.74 Å². The van der Waals surface area contributed by atoms with Crippen molar-refractivity contribution in [1.29, 1.82) is 0 Å². The van der Waals surface area contributed by atoms with Gasteiger partial charge in [-0.25, -0.2) is 4.99 Å². The lowest BCUT2D eigenvalue weighted by molar-refractivity contribution is 0.415. The van der Waals surface area contributed by atoms with Crippen LogP contribution in [-0.2, 0) is 0 Å². The third-order valence-corrected chi connectivity index (χ3v) is 1.98. The summed E-state index contributed by atoms with van der Waals surface area (Å²) >= 11 is 0. The van der Waals surface area contributed by atoms with Gasteiger partial charge in [0, 0.05) is 5.56 Å². The van der Waals surface area contributed by atoms with Crippen molar-refractivity contribution in [3.63, 3.8) is 0 Å². The number of hydrogen-bond acceptors (Lipinski definition) is 4. The van der Waals surface area contributed by atoms with Crippen LogP contribution in [0.25, 0.3) is 0 Å². The Morgan fingerprint density at radius 3 is 2.43 bits per heavy atom. The van der Waals surface area contributed by atoms with E-state index in [1.807, 2.05) is 31.2 Å². The Balaban J connectivity index is 2.26. The highest BCUT2D eigenvalue weighted by atomic mass is 16.5. The maximum absolute atomic E-state index is 5.06. The van der Waals surface area contributed by atoms with Crippen LogP contribution in [0.4, 0.5) is 0 Å². The highest BCUT2D eigenvalue weighted by Crippen LogP contribution is 2.16. The average molecular weight is 189 g/mol. The minimum Gasteiger partial charge on any atom is -0.497 e. The predicted octanol–water partition coefficient (Wildman–Crippen LogP) is 2.25. The minimum atomic E-state index is -0.0490. The number of nitrogens with zero attached hydrogens (tertiary/aromatic N) is 3. The Morgan fingerprint density at radius 2 is 1.93 bits per heavy atom. The van der Waals surface area contributed by atoms with E-state index in [1.54, 1.807) is 7.11 Å². The zero-order chi connectivity index (χ0) is 9.97. The molecule has 1 aromatic rings. The van der Waals surface area contributed by atoms with Gasteiger partial charge in [0.2, 0.25) is 0 Å². The summed E-state index contributed by atoms with van der Waals surface area (Å²) in [4.78, 5) is 4.26. The third kappa shape index (κ3) is 1.64. The third-order valence-electron chi connectivity index (χ3n) is 1.98. The first-order valence-corrected chi connectivity index (χ1v) is 4.42. The highest BCUT2D eigenvalue weighted by molar-refractivity contribution is 5.99. The first kappa shape index (κ1) is 8.87. The molecule has 0 N–H and O–H groups in total. The Labute approximate surface area is 82.3 Å². The summed E-state index contributed by atoms with van der Waals surface area (Å²) in [5.41, 5.74) is 0.971. The number of aliphatic imine (C=N–C) groups is 1. The molecule has 1 atom stereocenters. The SMILES string of the molecule is COc1ccc(C2=NC(C)N=N2)cc1. The average Bonchev–Trinajstić information content (AvgIpc) is 2.65. The van der Waals surface area contributed by atoms with Crippen LogP contribution in [0, 0.1) is 0 Å². The van der Waals surface area contributed by atoms with Crippen LogP contribution in [0.5, 0.6) is 5.75 Å². The number of hydrogen-bond donors (Lipinski definition) is 0. The van der Waals surface area contributed by atoms with Crippen LogP contribution in [0.15, 0.2) is 39.5 Å². The van der Waals surface area contributed by atoms with Crippen LogP contribution in [0.1, 0.15) is 12.5 Å². The number of benzene rings is 1. The molecular formula is C10H11N3O. The summed E-state index contributed by atoms with van der Waals surface area (Å²) < 4.78 is 5.06. The normalized spacial score (nSPS) is 19.6. The molecule has 0 radical (unpaired) electrons. The molecule has 4 heteroatoms.